The molecule has 0 spiro atoms. The van der Waals surface area contributed by atoms with Crippen LogP contribution in [0.5, 0.6) is 0 Å². The monoisotopic (exact) mass is 452 g/mol. The first-order valence-electron chi connectivity index (χ1n) is 8.13. The van der Waals surface area contributed by atoms with Crippen LogP contribution < -0.4 is 0 Å². The summed E-state index contributed by atoms with van der Waals surface area (Å²) in [5, 5.41) is -0.606. The van der Waals surface area contributed by atoms with Gasteiger partial charge in [-0.25, -0.2) is 21.2 Å². The molecule has 0 aliphatic carbocycles. The van der Waals surface area contributed by atoms with E-state index in [4.69, 9.17) is 23.2 Å². The number of hydrogen-bond donors (Lipinski definition) is 0. The lowest BCUT2D eigenvalue weighted by molar-refractivity contribution is 0.566. The summed E-state index contributed by atoms with van der Waals surface area (Å²) in [6.45, 7) is 0. The first-order chi connectivity index (χ1) is 12.5. The molecule has 0 aliphatic rings. The zero-order valence-electron chi connectivity index (χ0n) is 14.5. The fraction of sp³-hybridized carbons (Fsp3) is 0.333. The van der Waals surface area contributed by atoms with Crippen molar-refractivity contribution in [3.8, 4) is 0 Å². The van der Waals surface area contributed by atoms with E-state index < -0.39 is 30.7 Å². The van der Waals surface area contributed by atoms with Crippen LogP contribution in [0.3, 0.4) is 0 Å². The number of sulfone groups is 2. The van der Waals surface area contributed by atoms with Crippen molar-refractivity contribution in [2.24, 2.45) is 0 Å². The summed E-state index contributed by atoms with van der Waals surface area (Å²) in [5.41, 5.74) is 0.285. The van der Waals surface area contributed by atoms with Crippen LogP contribution in [0, 0.1) is 5.82 Å². The van der Waals surface area contributed by atoms with E-state index in [-0.39, 0.29) is 27.7 Å². The Labute approximate surface area is 169 Å². The average molecular weight is 453 g/mol. The largest absolute Gasteiger partial charge is 0.229 e. The summed E-state index contributed by atoms with van der Waals surface area (Å²) in [4.78, 5) is 0.0698. The molecule has 0 saturated carbocycles. The van der Waals surface area contributed by atoms with Gasteiger partial charge in [-0.2, -0.15) is 0 Å². The van der Waals surface area contributed by atoms with Gasteiger partial charge in [0.15, 0.2) is 9.84 Å². The fourth-order valence-corrected chi connectivity index (χ4v) is 5.80. The molecule has 0 radical (unpaired) electrons. The van der Waals surface area contributed by atoms with Gasteiger partial charge in [-0.15, -0.1) is 0 Å². The van der Waals surface area contributed by atoms with Crippen LogP contribution in [0.1, 0.15) is 30.1 Å². The molecule has 0 aliphatic heterocycles. The molecule has 1 atom stereocenters. The van der Waals surface area contributed by atoms with Crippen molar-refractivity contribution >= 4 is 42.9 Å². The van der Waals surface area contributed by atoms with Gasteiger partial charge in [0.1, 0.15) is 15.7 Å². The molecule has 0 saturated heterocycles. The lowest BCUT2D eigenvalue weighted by Gasteiger charge is -2.20. The van der Waals surface area contributed by atoms with E-state index in [1.807, 2.05) is 0 Å². The lowest BCUT2D eigenvalue weighted by atomic mass is 10.1. The second-order valence-corrected chi connectivity index (χ2v) is 11.5. The van der Waals surface area contributed by atoms with E-state index in [2.05, 4.69) is 0 Å². The van der Waals surface area contributed by atoms with E-state index in [1.54, 1.807) is 0 Å². The van der Waals surface area contributed by atoms with Crippen LogP contribution in [0.2, 0.25) is 10.0 Å². The van der Waals surface area contributed by atoms with Gasteiger partial charge in [-0.1, -0.05) is 35.7 Å². The van der Waals surface area contributed by atoms with E-state index in [0.29, 0.717) is 17.9 Å². The second kappa shape index (κ2) is 8.90. The minimum atomic E-state index is -3.84. The van der Waals surface area contributed by atoms with Crippen molar-refractivity contribution in [1.82, 2.24) is 0 Å². The normalized spacial score (nSPS) is 13.5. The Morgan fingerprint density at radius 2 is 1.59 bits per heavy atom. The predicted molar refractivity (Wildman–Crippen MR) is 106 cm³/mol. The molecule has 2 aromatic carbocycles. The van der Waals surface area contributed by atoms with Crippen molar-refractivity contribution in [3.05, 3.63) is 63.9 Å². The van der Waals surface area contributed by atoms with Crippen molar-refractivity contribution in [1.29, 1.82) is 0 Å². The van der Waals surface area contributed by atoms with Gasteiger partial charge in [-0.3, -0.25) is 0 Å². The van der Waals surface area contributed by atoms with Gasteiger partial charge >= 0.3 is 0 Å². The molecule has 148 valence electrons. The maximum atomic E-state index is 13.4. The first kappa shape index (κ1) is 22.1. The Bertz CT molecular complexity index is 1000. The highest BCUT2D eigenvalue weighted by atomic mass is 35.5. The summed E-state index contributed by atoms with van der Waals surface area (Å²) in [6, 6.07) is 9.33. The lowest BCUT2D eigenvalue weighted by Crippen LogP contribution is -2.15. The van der Waals surface area contributed by atoms with Crippen LogP contribution in [-0.2, 0) is 19.7 Å². The molecule has 0 bridgehead atoms. The quantitative estimate of drug-likeness (QED) is 0.536. The average Bonchev–Trinajstić information content (AvgIpc) is 2.55. The number of rotatable bonds is 8. The topological polar surface area (TPSA) is 68.3 Å². The Balaban J connectivity index is 2.38. The minimum Gasteiger partial charge on any atom is -0.229 e. The van der Waals surface area contributed by atoms with Gasteiger partial charge in [0.25, 0.3) is 0 Å². The molecule has 9 heteroatoms. The smallest absolute Gasteiger partial charge is 0.185 e. The summed E-state index contributed by atoms with van der Waals surface area (Å²) >= 11 is 11.9. The van der Waals surface area contributed by atoms with Crippen molar-refractivity contribution in [2.45, 2.75) is 29.4 Å². The summed E-state index contributed by atoms with van der Waals surface area (Å²) in [5.74, 6) is -0.596. The van der Waals surface area contributed by atoms with Gasteiger partial charge in [0.2, 0.25) is 0 Å². The SMILES string of the molecule is CS(=O)(=O)CCCCC(c1ccc(F)cc1Cl)S(=O)(=O)c1ccc(Cl)cc1. The maximum Gasteiger partial charge on any atom is 0.185 e. The third-order valence-electron chi connectivity index (χ3n) is 4.06. The molecular formula is C18H19Cl2FO4S2. The molecule has 2 rings (SSSR count). The molecule has 0 heterocycles. The molecule has 1 unspecified atom stereocenters. The van der Waals surface area contributed by atoms with Crippen LogP contribution in [-0.4, -0.2) is 28.8 Å². The second-order valence-electron chi connectivity index (χ2n) is 6.28. The van der Waals surface area contributed by atoms with Crippen molar-refractivity contribution in [3.63, 3.8) is 0 Å². The predicted octanol–water partition coefficient (Wildman–Crippen LogP) is 4.86. The first-order valence-corrected chi connectivity index (χ1v) is 12.5. The van der Waals surface area contributed by atoms with E-state index in [1.165, 1.54) is 30.3 Å². The molecule has 0 fully saturated rings. The van der Waals surface area contributed by atoms with E-state index in [9.17, 15) is 21.2 Å². The van der Waals surface area contributed by atoms with Crippen molar-refractivity contribution in [2.75, 3.05) is 12.0 Å². The van der Waals surface area contributed by atoms with Crippen LogP contribution in [0.25, 0.3) is 0 Å². The van der Waals surface area contributed by atoms with Crippen LogP contribution in [0.15, 0.2) is 47.4 Å². The Morgan fingerprint density at radius 3 is 2.15 bits per heavy atom. The molecule has 0 amide bonds. The molecule has 27 heavy (non-hydrogen) atoms. The highest BCUT2D eigenvalue weighted by Gasteiger charge is 2.30. The van der Waals surface area contributed by atoms with E-state index in [0.717, 1.165) is 18.4 Å². The molecule has 2 aromatic rings. The van der Waals surface area contributed by atoms with Gasteiger partial charge in [-0.05, 0) is 54.8 Å². The third-order valence-corrected chi connectivity index (χ3v) is 7.84. The zero-order valence-corrected chi connectivity index (χ0v) is 17.7. The number of benzene rings is 2. The molecule has 0 aromatic heterocycles. The van der Waals surface area contributed by atoms with Crippen molar-refractivity contribution < 1.29 is 21.2 Å². The zero-order chi connectivity index (χ0) is 20.2. The van der Waals surface area contributed by atoms with Crippen LogP contribution in [0.4, 0.5) is 4.39 Å². The number of halogens is 3. The van der Waals surface area contributed by atoms with Gasteiger partial charge in [0, 0.05) is 22.1 Å². The number of unbranched alkanes of at least 4 members (excludes halogenated alkanes) is 1. The maximum absolute atomic E-state index is 13.4. The highest BCUT2D eigenvalue weighted by Crippen LogP contribution is 2.37. The third kappa shape index (κ3) is 6.17. The van der Waals surface area contributed by atoms with Gasteiger partial charge < -0.3 is 0 Å². The molecule has 4 nitrogen and oxygen atoms in total. The summed E-state index contributed by atoms with van der Waals surface area (Å²) in [7, 11) is -6.97. The fourth-order valence-electron chi connectivity index (χ4n) is 2.72. The Morgan fingerprint density at radius 1 is 0.963 bits per heavy atom. The molecule has 0 N–H and O–H groups in total. The number of hydrogen-bond acceptors (Lipinski definition) is 4. The molecular weight excluding hydrogens is 434 g/mol. The Kier molecular flexibility index (Phi) is 7.30. The standard InChI is InChI=1S/C18H19Cl2FO4S2/c1-26(22,23)11-3-2-4-18(16-10-7-14(21)12-17(16)20)27(24,25)15-8-5-13(19)6-9-15/h5-10,12,18H,2-4,11H2,1H3. The van der Waals surface area contributed by atoms with Gasteiger partial charge in [0.05, 0.1) is 10.1 Å². The Hall–Kier alpha value is -1.15. The van der Waals surface area contributed by atoms with E-state index >= 15 is 0 Å². The minimum absolute atomic E-state index is 0.0145. The summed E-state index contributed by atoms with van der Waals surface area (Å²) < 4.78 is 62.3. The highest BCUT2D eigenvalue weighted by molar-refractivity contribution is 7.91. The summed E-state index contributed by atoms with van der Waals surface area (Å²) in [6.07, 6.45) is 1.97. The van der Waals surface area contributed by atoms with Crippen LogP contribution >= 0.6 is 23.2 Å².